The van der Waals surface area contributed by atoms with Crippen molar-refractivity contribution < 1.29 is 14.3 Å². The van der Waals surface area contributed by atoms with Crippen LogP contribution in [0.4, 0.5) is 0 Å². The summed E-state index contributed by atoms with van der Waals surface area (Å²) in [6.07, 6.45) is 0.268. The molecule has 1 aromatic carbocycles. The molecule has 1 saturated heterocycles. The third kappa shape index (κ3) is 3.91. The van der Waals surface area contributed by atoms with Gasteiger partial charge < -0.3 is 4.74 Å². The van der Waals surface area contributed by atoms with E-state index < -0.39 is 5.97 Å². The van der Waals surface area contributed by atoms with Gasteiger partial charge in [-0.3, -0.25) is 15.6 Å². The van der Waals surface area contributed by atoms with Crippen molar-refractivity contribution in [1.29, 1.82) is 0 Å². The Hall–Kier alpha value is -2.70. The van der Waals surface area contributed by atoms with Crippen LogP contribution in [-0.2, 0) is 14.3 Å². The fourth-order valence-corrected chi connectivity index (χ4v) is 2.01. The average molecular weight is 302 g/mol. The molecule has 0 aromatic heterocycles. The molecule has 1 aliphatic heterocycles. The molecule has 0 spiro atoms. The lowest BCUT2D eigenvalue weighted by Crippen LogP contribution is -2.50. The summed E-state index contributed by atoms with van der Waals surface area (Å²) in [5, 5.41) is 7.94. The van der Waals surface area contributed by atoms with Crippen molar-refractivity contribution in [2.45, 2.75) is 26.2 Å². The van der Waals surface area contributed by atoms with Crippen molar-refractivity contribution in [2.24, 2.45) is 10.2 Å². The first-order valence-corrected chi connectivity index (χ1v) is 7.01. The maximum atomic E-state index is 11.6. The fourth-order valence-electron chi connectivity index (χ4n) is 2.01. The van der Waals surface area contributed by atoms with Crippen LogP contribution >= 0.6 is 0 Å². The molecule has 7 heteroatoms. The monoisotopic (exact) mass is 302 g/mol. The third-order valence-electron chi connectivity index (χ3n) is 3.13. The molecule has 1 amide bonds. The van der Waals surface area contributed by atoms with E-state index in [1.54, 1.807) is 6.92 Å². The maximum absolute atomic E-state index is 11.6. The standard InChI is InChI=1S/C15H18N4O3/c1-3-22-15(21)10(2)16-18-14-12(9-13(20)17-19-14)11-7-5-4-6-8-11/h4-8,12H,3,9H2,1-2H3,(H,17,20)(H,18,19)/b16-10+. The minimum absolute atomic E-state index is 0.126. The van der Waals surface area contributed by atoms with Crippen LogP contribution in [-0.4, -0.2) is 30.0 Å². The van der Waals surface area contributed by atoms with Gasteiger partial charge in [-0.2, -0.15) is 0 Å². The van der Waals surface area contributed by atoms with Crippen molar-refractivity contribution in [3.05, 3.63) is 35.9 Å². The van der Waals surface area contributed by atoms with Gasteiger partial charge in [-0.05, 0) is 19.4 Å². The smallest absolute Gasteiger partial charge is 0.354 e. The molecule has 22 heavy (non-hydrogen) atoms. The van der Waals surface area contributed by atoms with Crippen LogP contribution in [0.3, 0.4) is 0 Å². The van der Waals surface area contributed by atoms with Gasteiger partial charge in [0.15, 0.2) is 5.84 Å². The van der Waals surface area contributed by atoms with E-state index in [1.165, 1.54) is 6.92 Å². The second-order valence-corrected chi connectivity index (χ2v) is 4.73. The Labute approximate surface area is 128 Å². The molecule has 0 aliphatic carbocycles. The van der Waals surface area contributed by atoms with Crippen LogP contribution in [0.15, 0.2) is 40.5 Å². The summed E-state index contributed by atoms with van der Waals surface area (Å²) in [5.41, 5.74) is 6.34. The highest BCUT2D eigenvalue weighted by atomic mass is 16.5. The van der Waals surface area contributed by atoms with Gasteiger partial charge >= 0.3 is 5.97 Å². The van der Waals surface area contributed by atoms with E-state index in [1.807, 2.05) is 30.3 Å². The molecule has 1 aromatic rings. The zero-order valence-corrected chi connectivity index (χ0v) is 12.5. The minimum atomic E-state index is -0.511. The van der Waals surface area contributed by atoms with Crippen molar-refractivity contribution >= 4 is 23.4 Å². The molecule has 7 nitrogen and oxygen atoms in total. The lowest BCUT2D eigenvalue weighted by molar-refractivity contribution is -0.135. The highest BCUT2D eigenvalue weighted by Gasteiger charge is 2.26. The van der Waals surface area contributed by atoms with Crippen molar-refractivity contribution in [3.63, 3.8) is 0 Å². The van der Waals surface area contributed by atoms with Gasteiger partial charge in [0.2, 0.25) is 5.91 Å². The van der Waals surface area contributed by atoms with Crippen LogP contribution in [0.1, 0.15) is 31.7 Å². The van der Waals surface area contributed by atoms with Gasteiger partial charge in [-0.15, -0.1) is 10.2 Å². The second-order valence-electron chi connectivity index (χ2n) is 4.73. The molecule has 116 valence electrons. The van der Waals surface area contributed by atoms with Crippen molar-refractivity contribution in [2.75, 3.05) is 6.61 Å². The van der Waals surface area contributed by atoms with Gasteiger partial charge in [0.05, 0.1) is 12.5 Å². The van der Waals surface area contributed by atoms with Gasteiger partial charge in [0, 0.05) is 6.42 Å². The summed E-state index contributed by atoms with van der Waals surface area (Å²) in [4.78, 5) is 23.1. The molecule has 0 bridgehead atoms. The summed E-state index contributed by atoms with van der Waals surface area (Å²) in [6.45, 7) is 3.53. The highest BCUT2D eigenvalue weighted by Crippen LogP contribution is 2.22. The Balaban J connectivity index is 2.23. The summed E-state index contributed by atoms with van der Waals surface area (Å²) in [5.74, 6) is -0.384. The number of benzene rings is 1. The van der Waals surface area contributed by atoms with Gasteiger partial charge in [-0.25, -0.2) is 4.79 Å². The zero-order chi connectivity index (χ0) is 15.9. The predicted molar refractivity (Wildman–Crippen MR) is 82.3 cm³/mol. The van der Waals surface area contributed by atoms with Crippen LogP contribution in [0.25, 0.3) is 0 Å². The topological polar surface area (TPSA) is 92.2 Å². The first-order valence-electron chi connectivity index (χ1n) is 7.01. The lowest BCUT2D eigenvalue weighted by atomic mass is 9.93. The number of carbonyl (C=O) groups excluding carboxylic acids is 2. The number of rotatable bonds is 4. The van der Waals surface area contributed by atoms with Crippen LogP contribution in [0.5, 0.6) is 0 Å². The maximum Gasteiger partial charge on any atom is 0.354 e. The number of amidine groups is 1. The van der Waals surface area contributed by atoms with Crippen LogP contribution < -0.4 is 10.9 Å². The zero-order valence-electron chi connectivity index (χ0n) is 12.5. The largest absolute Gasteiger partial charge is 0.461 e. The highest BCUT2D eigenvalue weighted by molar-refractivity contribution is 6.35. The van der Waals surface area contributed by atoms with E-state index in [-0.39, 0.29) is 30.6 Å². The van der Waals surface area contributed by atoms with Gasteiger partial charge in [0.25, 0.3) is 0 Å². The Morgan fingerprint density at radius 2 is 2.05 bits per heavy atom. The molecule has 2 rings (SSSR count). The number of esters is 1. The fraction of sp³-hybridized carbons (Fsp3) is 0.333. The SMILES string of the molecule is CCOC(=O)/C(C)=N/N=C1/NNC(=O)CC1c1ccccc1. The summed E-state index contributed by atoms with van der Waals surface area (Å²) >= 11 is 0. The molecule has 1 unspecified atom stereocenters. The van der Waals surface area contributed by atoms with E-state index in [4.69, 9.17) is 4.74 Å². The molecular formula is C15H18N4O3. The summed E-state index contributed by atoms with van der Waals surface area (Å²) < 4.78 is 4.84. The Bertz CT molecular complexity index is 610. The Kier molecular flexibility index (Phi) is 5.24. The summed E-state index contributed by atoms with van der Waals surface area (Å²) in [7, 11) is 0. The van der Waals surface area contributed by atoms with Crippen molar-refractivity contribution in [3.8, 4) is 0 Å². The number of nitrogens with one attached hydrogen (secondary N) is 2. The minimum Gasteiger partial charge on any atom is -0.461 e. The molecule has 0 radical (unpaired) electrons. The molecule has 2 N–H and O–H groups in total. The van der Waals surface area contributed by atoms with Crippen LogP contribution in [0, 0.1) is 0 Å². The predicted octanol–water partition coefficient (Wildman–Crippen LogP) is 1.13. The molecular weight excluding hydrogens is 284 g/mol. The van der Waals surface area contributed by atoms with E-state index >= 15 is 0 Å². The van der Waals surface area contributed by atoms with Gasteiger partial charge in [-0.1, -0.05) is 30.3 Å². The second kappa shape index (κ2) is 7.35. The van der Waals surface area contributed by atoms with Crippen LogP contribution in [0.2, 0.25) is 0 Å². The molecule has 1 fully saturated rings. The summed E-state index contributed by atoms with van der Waals surface area (Å²) in [6, 6.07) is 9.53. The van der Waals surface area contributed by atoms with E-state index in [0.29, 0.717) is 5.84 Å². The number of hydrogen-bond donors (Lipinski definition) is 2. The van der Waals surface area contributed by atoms with E-state index in [0.717, 1.165) is 5.56 Å². The number of nitrogens with zero attached hydrogens (tertiary/aromatic N) is 2. The molecule has 0 saturated carbocycles. The number of ether oxygens (including phenoxy) is 1. The van der Waals surface area contributed by atoms with E-state index in [9.17, 15) is 9.59 Å². The van der Waals surface area contributed by atoms with Crippen molar-refractivity contribution in [1.82, 2.24) is 10.9 Å². The lowest BCUT2D eigenvalue weighted by Gasteiger charge is -2.25. The number of hydrazine groups is 1. The first-order chi connectivity index (χ1) is 10.6. The average Bonchev–Trinajstić information content (AvgIpc) is 2.54. The third-order valence-corrected chi connectivity index (χ3v) is 3.13. The Morgan fingerprint density at radius 1 is 1.32 bits per heavy atom. The number of amides is 1. The molecule has 1 heterocycles. The Morgan fingerprint density at radius 3 is 2.73 bits per heavy atom. The first kappa shape index (κ1) is 15.7. The van der Waals surface area contributed by atoms with Gasteiger partial charge in [0.1, 0.15) is 5.71 Å². The normalized spacial score (nSPS) is 20.3. The molecule has 1 atom stereocenters. The number of carbonyl (C=O) groups is 2. The molecule has 1 aliphatic rings. The van der Waals surface area contributed by atoms with E-state index in [2.05, 4.69) is 21.1 Å². The quantitative estimate of drug-likeness (QED) is 0.495. The number of hydrogen-bond acceptors (Lipinski definition) is 5.